The molecule has 0 aliphatic rings. The first kappa shape index (κ1) is 32.1. The van der Waals surface area contributed by atoms with E-state index in [1.165, 1.54) is 17.0 Å². The molecule has 7 nitrogen and oxygen atoms in total. The molecule has 1 atom stereocenters. The van der Waals surface area contributed by atoms with Crippen molar-refractivity contribution in [3.8, 4) is 0 Å². The average molecular weight is 639 g/mol. The molecule has 1 N–H and O–H groups in total. The Labute approximate surface area is 263 Å². The van der Waals surface area contributed by atoms with Crippen LogP contribution in [0.2, 0.25) is 10.0 Å². The minimum absolute atomic E-state index is 0.00231. The van der Waals surface area contributed by atoms with E-state index in [0.717, 1.165) is 9.87 Å². The number of halogens is 2. The third kappa shape index (κ3) is 8.38. The van der Waals surface area contributed by atoms with Gasteiger partial charge >= 0.3 is 0 Å². The maximum Gasteiger partial charge on any atom is 0.264 e. The normalized spacial score (nSPS) is 12.0. The zero-order valence-electron chi connectivity index (χ0n) is 23.9. The van der Waals surface area contributed by atoms with E-state index in [-0.39, 0.29) is 40.5 Å². The zero-order chi connectivity index (χ0) is 31.0. The molecule has 0 aliphatic carbocycles. The van der Waals surface area contributed by atoms with Crippen LogP contribution in [0.5, 0.6) is 0 Å². The number of nitrogens with one attached hydrogen (secondary N) is 1. The first-order valence-corrected chi connectivity index (χ1v) is 16.0. The van der Waals surface area contributed by atoms with Gasteiger partial charge in [-0.25, -0.2) is 8.42 Å². The summed E-state index contributed by atoms with van der Waals surface area (Å²) in [4.78, 5) is 29.5. The van der Waals surface area contributed by atoms with Gasteiger partial charge in [0.1, 0.15) is 12.6 Å². The van der Waals surface area contributed by atoms with Gasteiger partial charge in [-0.05, 0) is 61.4 Å². The molecule has 2 amide bonds. The van der Waals surface area contributed by atoms with Gasteiger partial charge < -0.3 is 10.2 Å². The molecule has 10 heteroatoms. The molecular weight excluding hydrogens is 605 g/mol. The third-order valence-corrected chi connectivity index (χ3v) is 9.00. The minimum atomic E-state index is -4.23. The number of anilines is 1. The molecule has 0 spiro atoms. The van der Waals surface area contributed by atoms with Crippen LogP contribution in [-0.4, -0.2) is 43.8 Å². The summed E-state index contributed by atoms with van der Waals surface area (Å²) in [6.07, 6.45) is 0.212. The third-order valence-electron chi connectivity index (χ3n) is 6.68. The molecule has 4 aromatic carbocycles. The molecule has 4 aromatic rings. The highest BCUT2D eigenvalue weighted by Gasteiger charge is 2.35. The number of carbonyl (C=O) groups excluding carboxylic acids is 2. The van der Waals surface area contributed by atoms with Crippen LogP contribution >= 0.6 is 23.2 Å². The van der Waals surface area contributed by atoms with Crippen LogP contribution in [-0.2, 0) is 32.6 Å². The summed E-state index contributed by atoms with van der Waals surface area (Å²) in [7, 11) is -4.23. The predicted octanol–water partition coefficient (Wildman–Crippen LogP) is 6.35. The highest BCUT2D eigenvalue weighted by Crippen LogP contribution is 2.31. The Morgan fingerprint density at radius 3 is 2.02 bits per heavy atom. The Kier molecular flexibility index (Phi) is 10.9. The maximum atomic E-state index is 14.4. The van der Waals surface area contributed by atoms with Crippen LogP contribution < -0.4 is 9.62 Å². The minimum Gasteiger partial charge on any atom is -0.352 e. The van der Waals surface area contributed by atoms with Gasteiger partial charge in [0, 0.05) is 24.0 Å². The zero-order valence-corrected chi connectivity index (χ0v) is 26.2. The molecular formula is C33H33Cl2N3O4S. The van der Waals surface area contributed by atoms with E-state index in [1.54, 1.807) is 66.7 Å². The summed E-state index contributed by atoms with van der Waals surface area (Å²) >= 11 is 12.8. The Morgan fingerprint density at radius 1 is 0.791 bits per heavy atom. The number of rotatable bonds is 12. The van der Waals surface area contributed by atoms with E-state index in [0.29, 0.717) is 10.6 Å². The van der Waals surface area contributed by atoms with Gasteiger partial charge in [-0.15, -0.1) is 0 Å². The van der Waals surface area contributed by atoms with Gasteiger partial charge in [0.2, 0.25) is 11.8 Å². The van der Waals surface area contributed by atoms with Crippen molar-refractivity contribution in [3.05, 3.63) is 130 Å². The van der Waals surface area contributed by atoms with E-state index in [1.807, 2.05) is 44.2 Å². The summed E-state index contributed by atoms with van der Waals surface area (Å²) in [5, 5.41) is 3.57. The summed E-state index contributed by atoms with van der Waals surface area (Å²) in [5.74, 6) is -0.941. The van der Waals surface area contributed by atoms with Crippen LogP contribution in [0.4, 0.5) is 5.69 Å². The lowest BCUT2D eigenvalue weighted by molar-refractivity contribution is -0.140. The lowest BCUT2D eigenvalue weighted by Crippen LogP contribution is -2.54. The monoisotopic (exact) mass is 637 g/mol. The second-order valence-corrected chi connectivity index (χ2v) is 13.0. The highest BCUT2D eigenvalue weighted by atomic mass is 35.5. The van der Waals surface area contributed by atoms with Gasteiger partial charge in [-0.1, -0.05) is 96.0 Å². The second-order valence-electron chi connectivity index (χ2n) is 10.3. The lowest BCUT2D eigenvalue weighted by atomic mass is 10.0. The number of sulfonamides is 1. The molecule has 0 aromatic heterocycles. The van der Waals surface area contributed by atoms with Gasteiger partial charge in [0.05, 0.1) is 15.6 Å². The standard InChI is InChI=1S/C33H33Cl2N3O4S/c1-24(2)36-33(40)31(21-25-12-5-3-6-13-25)37(22-26-14-11-15-27(34)20-26)32(39)23-38(30-19-10-9-18-29(30)35)43(41,42)28-16-7-4-8-17-28/h3-20,24,31H,21-23H2,1-2H3,(H,36,40). The van der Waals surface area contributed by atoms with Crippen molar-refractivity contribution in [1.82, 2.24) is 10.2 Å². The molecule has 0 fully saturated rings. The van der Waals surface area contributed by atoms with Crippen LogP contribution in [0.15, 0.2) is 114 Å². The number of amides is 2. The molecule has 1 unspecified atom stereocenters. The molecule has 4 rings (SSSR count). The van der Waals surface area contributed by atoms with E-state index in [9.17, 15) is 18.0 Å². The van der Waals surface area contributed by atoms with Crippen LogP contribution in [0.3, 0.4) is 0 Å². The fourth-order valence-corrected chi connectivity index (χ4v) is 6.61. The van der Waals surface area contributed by atoms with Crippen LogP contribution in [0.1, 0.15) is 25.0 Å². The second kappa shape index (κ2) is 14.6. The van der Waals surface area contributed by atoms with Gasteiger partial charge in [0.25, 0.3) is 10.0 Å². The average Bonchev–Trinajstić information content (AvgIpc) is 2.98. The summed E-state index contributed by atoms with van der Waals surface area (Å²) in [5.41, 5.74) is 1.68. The van der Waals surface area contributed by atoms with E-state index >= 15 is 0 Å². The maximum absolute atomic E-state index is 14.4. The van der Waals surface area contributed by atoms with Crippen molar-refractivity contribution < 1.29 is 18.0 Å². The summed E-state index contributed by atoms with van der Waals surface area (Å²) in [6.45, 7) is 3.10. The van der Waals surface area contributed by atoms with Gasteiger partial charge in [-0.3, -0.25) is 13.9 Å². The topological polar surface area (TPSA) is 86.8 Å². The van der Waals surface area contributed by atoms with Crippen molar-refractivity contribution >= 4 is 50.7 Å². The molecule has 224 valence electrons. The first-order valence-electron chi connectivity index (χ1n) is 13.8. The SMILES string of the molecule is CC(C)NC(=O)C(Cc1ccccc1)N(Cc1cccc(Cl)c1)C(=O)CN(c1ccccc1Cl)S(=O)(=O)c1ccccc1. The fraction of sp³-hybridized carbons (Fsp3) is 0.212. The van der Waals surface area contributed by atoms with E-state index in [4.69, 9.17) is 23.2 Å². The van der Waals surface area contributed by atoms with Crippen LogP contribution in [0.25, 0.3) is 0 Å². The van der Waals surface area contributed by atoms with Crippen LogP contribution in [0, 0.1) is 0 Å². The molecule has 43 heavy (non-hydrogen) atoms. The smallest absolute Gasteiger partial charge is 0.264 e. The van der Waals surface area contributed by atoms with E-state index in [2.05, 4.69) is 5.32 Å². The Morgan fingerprint density at radius 2 is 1.40 bits per heavy atom. The van der Waals surface area contributed by atoms with Crippen molar-refractivity contribution in [1.29, 1.82) is 0 Å². The predicted molar refractivity (Wildman–Crippen MR) is 172 cm³/mol. The number of nitrogens with zero attached hydrogens (tertiary/aromatic N) is 2. The Bertz CT molecular complexity index is 1650. The van der Waals surface area contributed by atoms with Crippen molar-refractivity contribution in [3.63, 3.8) is 0 Å². The van der Waals surface area contributed by atoms with Crippen molar-refractivity contribution in [2.75, 3.05) is 10.8 Å². The molecule has 0 bridgehead atoms. The summed E-state index contributed by atoms with van der Waals surface area (Å²) in [6, 6.07) is 29.5. The number of benzene rings is 4. The fourth-order valence-electron chi connectivity index (χ4n) is 4.65. The van der Waals surface area contributed by atoms with Crippen molar-refractivity contribution in [2.45, 2.75) is 43.8 Å². The largest absolute Gasteiger partial charge is 0.352 e. The molecule has 0 aliphatic heterocycles. The number of para-hydroxylation sites is 1. The summed E-state index contributed by atoms with van der Waals surface area (Å²) < 4.78 is 29.0. The van der Waals surface area contributed by atoms with Gasteiger partial charge in [0.15, 0.2) is 0 Å². The molecule has 0 radical (unpaired) electrons. The number of hydrogen-bond donors (Lipinski definition) is 1. The quantitative estimate of drug-likeness (QED) is 0.196. The highest BCUT2D eigenvalue weighted by molar-refractivity contribution is 7.92. The number of hydrogen-bond acceptors (Lipinski definition) is 4. The van der Waals surface area contributed by atoms with Gasteiger partial charge in [-0.2, -0.15) is 0 Å². The molecule has 0 saturated carbocycles. The first-order chi connectivity index (χ1) is 20.6. The number of carbonyl (C=O) groups is 2. The Balaban J connectivity index is 1.81. The molecule has 0 saturated heterocycles. The Hall–Kier alpha value is -3.85. The molecule has 0 heterocycles. The van der Waals surface area contributed by atoms with Crippen molar-refractivity contribution in [2.24, 2.45) is 0 Å². The van der Waals surface area contributed by atoms with E-state index < -0.39 is 28.5 Å². The lowest BCUT2D eigenvalue weighted by Gasteiger charge is -2.34.